The minimum absolute atomic E-state index is 0.0506. The van der Waals surface area contributed by atoms with Gasteiger partial charge in [-0.15, -0.1) is 11.8 Å². The van der Waals surface area contributed by atoms with Gasteiger partial charge in [-0.3, -0.25) is 14.8 Å². The van der Waals surface area contributed by atoms with Gasteiger partial charge < -0.3 is 0 Å². The van der Waals surface area contributed by atoms with Crippen LogP contribution in [-0.4, -0.2) is 14.7 Å². The number of halogens is 1. The molecule has 0 spiro atoms. The molecular formula is C22H18FN3O2S. The van der Waals surface area contributed by atoms with E-state index < -0.39 is 0 Å². The van der Waals surface area contributed by atoms with Gasteiger partial charge in [-0.1, -0.05) is 42.5 Å². The van der Waals surface area contributed by atoms with Gasteiger partial charge in [0.25, 0.3) is 5.69 Å². The second-order valence-corrected chi connectivity index (χ2v) is 7.70. The van der Waals surface area contributed by atoms with Crippen molar-refractivity contribution < 1.29 is 9.31 Å². The second-order valence-electron chi connectivity index (χ2n) is 6.66. The number of thioether (sulfide) groups is 1. The number of nitro groups is 1. The molecule has 146 valence electrons. The number of rotatable bonds is 7. The first-order valence-corrected chi connectivity index (χ1v) is 10.1. The van der Waals surface area contributed by atoms with Crippen molar-refractivity contribution in [2.24, 2.45) is 0 Å². The molecule has 0 saturated heterocycles. The average molecular weight is 407 g/mol. The Hall–Kier alpha value is -3.19. The molecule has 0 N–H and O–H groups in total. The number of aryl methyl sites for hydroxylation is 2. The van der Waals surface area contributed by atoms with Crippen molar-refractivity contribution in [3.05, 3.63) is 100.0 Å². The van der Waals surface area contributed by atoms with E-state index in [-0.39, 0.29) is 16.4 Å². The maximum absolute atomic E-state index is 13.1. The van der Waals surface area contributed by atoms with Crippen LogP contribution in [0.5, 0.6) is 0 Å². The average Bonchev–Trinajstić information content (AvgIpc) is 3.15. The lowest BCUT2D eigenvalue weighted by molar-refractivity contribution is -0.383. The zero-order chi connectivity index (χ0) is 20.2. The molecule has 1 heterocycles. The van der Waals surface area contributed by atoms with Gasteiger partial charge in [0, 0.05) is 28.6 Å². The molecule has 0 radical (unpaired) electrons. The molecule has 29 heavy (non-hydrogen) atoms. The third-order valence-corrected chi connectivity index (χ3v) is 5.70. The van der Waals surface area contributed by atoms with Crippen LogP contribution in [0.1, 0.15) is 11.1 Å². The summed E-state index contributed by atoms with van der Waals surface area (Å²) in [6.07, 6.45) is 2.28. The fraction of sp³-hybridized carbons (Fsp3) is 0.136. The monoisotopic (exact) mass is 407 g/mol. The summed E-state index contributed by atoms with van der Waals surface area (Å²) in [5.74, 6) is 0.455. The van der Waals surface area contributed by atoms with Gasteiger partial charge in [-0.05, 0) is 35.7 Å². The fourth-order valence-electron chi connectivity index (χ4n) is 3.20. The van der Waals surface area contributed by atoms with E-state index in [0.29, 0.717) is 18.5 Å². The summed E-state index contributed by atoms with van der Waals surface area (Å²) < 4.78 is 14.7. The standard InChI is InChI=1S/C22H18FN3O2S/c23-19-8-6-16(7-9-19)10-11-25-22-18(14-24-25)12-20(13-21(22)26(27)28)29-15-17-4-2-1-3-5-17/h1-9,12-14H,10-11,15H2. The lowest BCUT2D eigenvalue weighted by Crippen LogP contribution is -2.05. The van der Waals surface area contributed by atoms with E-state index >= 15 is 0 Å². The van der Waals surface area contributed by atoms with E-state index in [1.54, 1.807) is 40.8 Å². The molecule has 7 heteroatoms. The number of fused-ring (bicyclic) bond motifs is 1. The third kappa shape index (κ3) is 4.46. The third-order valence-electron chi connectivity index (χ3n) is 4.66. The highest BCUT2D eigenvalue weighted by Gasteiger charge is 2.19. The Morgan fingerprint density at radius 1 is 1.03 bits per heavy atom. The summed E-state index contributed by atoms with van der Waals surface area (Å²) in [4.78, 5) is 12.2. The van der Waals surface area contributed by atoms with Crippen molar-refractivity contribution in [1.29, 1.82) is 0 Å². The van der Waals surface area contributed by atoms with E-state index in [9.17, 15) is 14.5 Å². The molecule has 0 fully saturated rings. The highest BCUT2D eigenvalue weighted by Crippen LogP contribution is 2.33. The SMILES string of the molecule is O=[N+]([O-])c1cc(SCc2ccccc2)cc2cnn(CCc3ccc(F)cc3)c12. The van der Waals surface area contributed by atoms with Crippen LogP contribution >= 0.6 is 11.8 Å². The smallest absolute Gasteiger partial charge is 0.258 e. The molecule has 0 atom stereocenters. The van der Waals surface area contributed by atoms with Crippen molar-refractivity contribution in [1.82, 2.24) is 9.78 Å². The first-order chi connectivity index (χ1) is 14.1. The van der Waals surface area contributed by atoms with Crippen molar-refractivity contribution in [3.8, 4) is 0 Å². The summed E-state index contributed by atoms with van der Waals surface area (Å²) in [6.45, 7) is 0.479. The predicted octanol–water partition coefficient (Wildman–Crippen LogP) is 5.62. The Labute approximate surface area is 171 Å². The van der Waals surface area contributed by atoms with Gasteiger partial charge in [-0.2, -0.15) is 5.10 Å². The molecule has 0 amide bonds. The molecule has 5 nitrogen and oxygen atoms in total. The Balaban J connectivity index is 1.58. The molecule has 1 aromatic heterocycles. The van der Waals surface area contributed by atoms with Crippen LogP contribution in [0.2, 0.25) is 0 Å². The first-order valence-electron chi connectivity index (χ1n) is 9.15. The van der Waals surface area contributed by atoms with Gasteiger partial charge in [0.05, 0.1) is 11.1 Å². The zero-order valence-electron chi connectivity index (χ0n) is 15.5. The number of hydrogen-bond donors (Lipinski definition) is 0. The normalized spacial score (nSPS) is 11.1. The van der Waals surface area contributed by atoms with Crippen LogP contribution in [0.3, 0.4) is 0 Å². The minimum Gasteiger partial charge on any atom is -0.258 e. The molecule has 0 bridgehead atoms. The van der Waals surface area contributed by atoms with Crippen LogP contribution < -0.4 is 0 Å². The van der Waals surface area contributed by atoms with Gasteiger partial charge in [0.1, 0.15) is 11.3 Å². The second kappa shape index (κ2) is 8.45. The van der Waals surface area contributed by atoms with Crippen LogP contribution in [0.15, 0.2) is 77.8 Å². The van der Waals surface area contributed by atoms with E-state index in [0.717, 1.165) is 27.2 Å². The largest absolute Gasteiger partial charge is 0.296 e. The summed E-state index contributed by atoms with van der Waals surface area (Å²) in [6, 6.07) is 19.8. The zero-order valence-corrected chi connectivity index (χ0v) is 16.3. The summed E-state index contributed by atoms with van der Waals surface area (Å²) in [5.41, 5.74) is 2.68. The quantitative estimate of drug-likeness (QED) is 0.227. The Morgan fingerprint density at radius 3 is 2.52 bits per heavy atom. The van der Waals surface area contributed by atoms with Crippen LogP contribution in [0, 0.1) is 15.9 Å². The van der Waals surface area contributed by atoms with Crippen molar-refractivity contribution in [2.45, 2.75) is 23.6 Å². The molecular weight excluding hydrogens is 389 g/mol. The van der Waals surface area contributed by atoms with E-state index in [4.69, 9.17) is 0 Å². The van der Waals surface area contributed by atoms with Gasteiger partial charge in [0.15, 0.2) is 0 Å². The lowest BCUT2D eigenvalue weighted by Gasteiger charge is -2.07. The summed E-state index contributed by atoms with van der Waals surface area (Å²) in [5, 5.41) is 16.8. The molecule has 0 aliphatic heterocycles. The molecule has 4 aromatic rings. The van der Waals surface area contributed by atoms with Crippen LogP contribution in [0.25, 0.3) is 10.9 Å². The van der Waals surface area contributed by atoms with Gasteiger partial charge in [-0.25, -0.2) is 4.39 Å². The summed E-state index contributed by atoms with van der Waals surface area (Å²) in [7, 11) is 0. The number of nitro benzene ring substituents is 1. The predicted molar refractivity (Wildman–Crippen MR) is 112 cm³/mol. The Morgan fingerprint density at radius 2 is 1.79 bits per heavy atom. The number of non-ortho nitro benzene ring substituents is 1. The van der Waals surface area contributed by atoms with E-state index in [1.165, 1.54) is 12.1 Å². The Bertz CT molecular complexity index is 1140. The molecule has 0 unspecified atom stereocenters. The number of hydrogen-bond acceptors (Lipinski definition) is 4. The van der Waals surface area contributed by atoms with Gasteiger partial charge in [0.2, 0.25) is 0 Å². The minimum atomic E-state index is -0.356. The highest BCUT2D eigenvalue weighted by molar-refractivity contribution is 7.98. The first kappa shape index (κ1) is 19.1. The van der Waals surface area contributed by atoms with Crippen molar-refractivity contribution >= 4 is 28.4 Å². The molecule has 3 aromatic carbocycles. The topological polar surface area (TPSA) is 61.0 Å². The van der Waals surface area contributed by atoms with Gasteiger partial charge >= 0.3 is 0 Å². The Kier molecular flexibility index (Phi) is 5.57. The van der Waals surface area contributed by atoms with Crippen LogP contribution in [0.4, 0.5) is 10.1 Å². The highest BCUT2D eigenvalue weighted by atomic mass is 32.2. The fourth-order valence-corrected chi connectivity index (χ4v) is 4.13. The number of benzene rings is 3. The molecule has 0 aliphatic carbocycles. The van der Waals surface area contributed by atoms with Crippen LogP contribution in [-0.2, 0) is 18.7 Å². The lowest BCUT2D eigenvalue weighted by atomic mass is 10.1. The molecule has 4 rings (SSSR count). The van der Waals surface area contributed by atoms with Crippen molar-refractivity contribution in [2.75, 3.05) is 0 Å². The van der Waals surface area contributed by atoms with Crippen molar-refractivity contribution in [3.63, 3.8) is 0 Å². The molecule has 0 saturated carbocycles. The number of nitrogens with zero attached hydrogens (tertiary/aromatic N) is 3. The van der Waals surface area contributed by atoms with E-state index in [1.807, 2.05) is 36.4 Å². The maximum Gasteiger partial charge on any atom is 0.296 e. The molecule has 0 aliphatic rings. The summed E-state index contributed by atoms with van der Waals surface area (Å²) >= 11 is 1.56. The van der Waals surface area contributed by atoms with E-state index in [2.05, 4.69) is 5.10 Å². The maximum atomic E-state index is 13.1. The number of aromatic nitrogens is 2.